The van der Waals surface area contributed by atoms with Crippen molar-refractivity contribution in [3.8, 4) is 0 Å². The summed E-state index contributed by atoms with van der Waals surface area (Å²) < 4.78 is 0. The number of nitrogens with one attached hydrogen (secondary N) is 1. The van der Waals surface area contributed by atoms with Gasteiger partial charge in [-0.15, -0.1) is 11.6 Å². The van der Waals surface area contributed by atoms with E-state index < -0.39 is 12.0 Å². The lowest BCUT2D eigenvalue weighted by atomic mass is 10.2. The molecule has 0 unspecified atom stereocenters. The highest BCUT2D eigenvalue weighted by Gasteiger charge is 2.16. The number of carboxylic acids is 1. The van der Waals surface area contributed by atoms with Crippen molar-refractivity contribution in [1.29, 1.82) is 0 Å². The largest absolute Gasteiger partial charge is 0.480 e. The predicted molar refractivity (Wildman–Crippen MR) is 68.6 cm³/mol. The fourth-order valence-electron chi connectivity index (χ4n) is 1.43. The second kappa shape index (κ2) is 7.55. The molecule has 0 saturated carbocycles. The summed E-state index contributed by atoms with van der Waals surface area (Å²) in [5.41, 5.74) is 0.875. The zero-order valence-electron chi connectivity index (χ0n) is 9.80. The molecule has 2 amide bonds. The van der Waals surface area contributed by atoms with Crippen LogP contribution in [0.15, 0.2) is 30.3 Å². The predicted octanol–water partition coefficient (Wildman–Crippen LogP) is 1.52. The van der Waals surface area contributed by atoms with Gasteiger partial charge in [-0.3, -0.25) is 4.79 Å². The van der Waals surface area contributed by atoms with Gasteiger partial charge in [0.05, 0.1) is 0 Å². The number of alkyl halides is 1. The second-order valence-electron chi connectivity index (χ2n) is 3.66. The summed E-state index contributed by atoms with van der Waals surface area (Å²) in [6, 6.07) is 8.78. The van der Waals surface area contributed by atoms with Gasteiger partial charge in [-0.05, 0) is 5.56 Å². The normalized spacial score (nSPS) is 9.83. The first-order valence-corrected chi connectivity index (χ1v) is 6.01. The van der Waals surface area contributed by atoms with Gasteiger partial charge in [-0.25, -0.2) is 4.79 Å². The van der Waals surface area contributed by atoms with Crippen LogP contribution >= 0.6 is 11.6 Å². The summed E-state index contributed by atoms with van der Waals surface area (Å²) in [5, 5.41) is 11.3. The number of aliphatic carboxylic acids is 1. The molecule has 1 rings (SSSR count). The summed E-state index contributed by atoms with van der Waals surface area (Å²) in [5.74, 6) is -0.759. The van der Waals surface area contributed by atoms with Gasteiger partial charge in [0, 0.05) is 19.0 Å². The smallest absolute Gasteiger partial charge is 0.323 e. The number of halogens is 1. The quantitative estimate of drug-likeness (QED) is 0.770. The van der Waals surface area contributed by atoms with Crippen molar-refractivity contribution >= 4 is 23.6 Å². The van der Waals surface area contributed by atoms with Crippen LogP contribution in [0.4, 0.5) is 4.79 Å². The first kappa shape index (κ1) is 14.3. The van der Waals surface area contributed by atoms with Crippen molar-refractivity contribution in [3.63, 3.8) is 0 Å². The maximum absolute atomic E-state index is 11.7. The number of carbonyl (C=O) groups excluding carboxylic acids is 1. The van der Waals surface area contributed by atoms with Crippen LogP contribution in [0.1, 0.15) is 5.56 Å². The number of urea groups is 1. The lowest BCUT2D eigenvalue weighted by Gasteiger charge is -2.21. The van der Waals surface area contributed by atoms with E-state index in [9.17, 15) is 9.59 Å². The average molecular weight is 271 g/mol. The number of carboxylic acid groups (broad SMARTS) is 1. The molecule has 0 saturated heterocycles. The Bertz CT molecular complexity index is 398. The molecule has 1 aromatic carbocycles. The van der Waals surface area contributed by atoms with E-state index in [1.54, 1.807) is 0 Å². The van der Waals surface area contributed by atoms with Crippen LogP contribution in [-0.2, 0) is 11.3 Å². The first-order valence-electron chi connectivity index (χ1n) is 5.48. The number of hydrogen-bond acceptors (Lipinski definition) is 2. The molecule has 5 nitrogen and oxygen atoms in total. The molecule has 0 spiro atoms. The molecule has 0 bridgehead atoms. The number of benzene rings is 1. The van der Waals surface area contributed by atoms with Gasteiger partial charge < -0.3 is 15.3 Å². The van der Waals surface area contributed by atoms with Crippen LogP contribution in [0.25, 0.3) is 0 Å². The Morgan fingerprint density at radius 2 is 1.94 bits per heavy atom. The van der Waals surface area contributed by atoms with Gasteiger partial charge in [-0.2, -0.15) is 0 Å². The topological polar surface area (TPSA) is 69.6 Å². The van der Waals surface area contributed by atoms with Gasteiger partial charge in [-0.1, -0.05) is 30.3 Å². The summed E-state index contributed by atoms with van der Waals surface area (Å²) in [7, 11) is 0. The van der Waals surface area contributed by atoms with Crippen LogP contribution in [0.3, 0.4) is 0 Å². The number of nitrogens with zero attached hydrogens (tertiary/aromatic N) is 1. The van der Waals surface area contributed by atoms with Crippen molar-refractivity contribution in [2.45, 2.75) is 6.54 Å². The monoisotopic (exact) mass is 270 g/mol. The third-order valence-corrected chi connectivity index (χ3v) is 2.39. The lowest BCUT2D eigenvalue weighted by molar-refractivity contribution is -0.137. The molecule has 1 aromatic rings. The number of hydrogen-bond donors (Lipinski definition) is 2. The van der Waals surface area contributed by atoms with E-state index in [4.69, 9.17) is 16.7 Å². The van der Waals surface area contributed by atoms with Crippen LogP contribution in [0, 0.1) is 0 Å². The zero-order valence-corrected chi connectivity index (χ0v) is 10.6. The fraction of sp³-hybridized carbons (Fsp3) is 0.333. The Labute approximate surface area is 110 Å². The molecule has 0 aliphatic heterocycles. The van der Waals surface area contributed by atoms with Crippen molar-refractivity contribution in [1.82, 2.24) is 10.2 Å². The third kappa shape index (κ3) is 5.05. The molecule has 18 heavy (non-hydrogen) atoms. The van der Waals surface area contributed by atoms with Gasteiger partial charge in [0.15, 0.2) is 0 Å². The zero-order chi connectivity index (χ0) is 13.4. The van der Waals surface area contributed by atoms with E-state index in [-0.39, 0.29) is 19.0 Å². The summed E-state index contributed by atoms with van der Waals surface area (Å²) in [6.45, 7) is 0.218. The minimum absolute atomic E-state index is 0.251. The molecular formula is C12H15ClN2O3. The average Bonchev–Trinajstić information content (AvgIpc) is 2.36. The van der Waals surface area contributed by atoms with E-state index in [1.165, 1.54) is 4.90 Å². The lowest BCUT2D eigenvalue weighted by Crippen LogP contribution is -2.42. The molecule has 0 aromatic heterocycles. The minimum atomic E-state index is -1.05. The fourth-order valence-corrected chi connectivity index (χ4v) is 1.53. The number of amides is 2. The Kier molecular flexibility index (Phi) is 6.00. The molecule has 0 fully saturated rings. The highest BCUT2D eigenvalue weighted by Crippen LogP contribution is 2.04. The van der Waals surface area contributed by atoms with Gasteiger partial charge in [0.2, 0.25) is 0 Å². The van der Waals surface area contributed by atoms with Crippen molar-refractivity contribution < 1.29 is 14.7 Å². The maximum atomic E-state index is 11.7. The molecule has 6 heteroatoms. The van der Waals surface area contributed by atoms with Gasteiger partial charge in [0.1, 0.15) is 6.54 Å². The van der Waals surface area contributed by atoms with Crippen LogP contribution < -0.4 is 5.32 Å². The Morgan fingerprint density at radius 3 is 2.50 bits per heavy atom. The summed E-state index contributed by atoms with van der Waals surface area (Å²) >= 11 is 5.47. The third-order valence-electron chi connectivity index (χ3n) is 2.20. The first-order chi connectivity index (χ1) is 8.63. The highest BCUT2D eigenvalue weighted by atomic mass is 35.5. The summed E-state index contributed by atoms with van der Waals surface area (Å²) in [6.07, 6.45) is 0. The molecular weight excluding hydrogens is 256 g/mol. The van der Waals surface area contributed by atoms with Gasteiger partial charge >= 0.3 is 12.0 Å². The standard InChI is InChI=1S/C12H15ClN2O3/c13-6-7-14-12(18)15(9-11(16)17)8-10-4-2-1-3-5-10/h1-5H,6-9H2,(H,14,18)(H,16,17). The molecule has 2 N–H and O–H groups in total. The van der Waals surface area contributed by atoms with Crippen LogP contribution in [-0.4, -0.2) is 41.0 Å². The Balaban J connectivity index is 2.66. The van der Waals surface area contributed by atoms with E-state index in [0.717, 1.165) is 5.56 Å². The Hall–Kier alpha value is -1.75. The van der Waals surface area contributed by atoms with E-state index >= 15 is 0 Å². The molecule has 0 radical (unpaired) electrons. The van der Waals surface area contributed by atoms with E-state index in [0.29, 0.717) is 6.54 Å². The molecule has 98 valence electrons. The maximum Gasteiger partial charge on any atom is 0.323 e. The van der Waals surface area contributed by atoms with Crippen molar-refractivity contribution in [2.75, 3.05) is 19.0 Å². The Morgan fingerprint density at radius 1 is 1.28 bits per heavy atom. The molecule has 0 atom stereocenters. The highest BCUT2D eigenvalue weighted by molar-refractivity contribution is 6.18. The van der Waals surface area contributed by atoms with Crippen molar-refractivity contribution in [2.24, 2.45) is 0 Å². The SMILES string of the molecule is O=C(O)CN(Cc1ccccc1)C(=O)NCCCl. The molecule has 0 heterocycles. The van der Waals surface area contributed by atoms with Crippen LogP contribution in [0.5, 0.6) is 0 Å². The molecule has 0 aliphatic carbocycles. The minimum Gasteiger partial charge on any atom is -0.480 e. The molecule has 0 aliphatic rings. The van der Waals surface area contributed by atoms with Crippen LogP contribution in [0.2, 0.25) is 0 Å². The van der Waals surface area contributed by atoms with Gasteiger partial charge in [0.25, 0.3) is 0 Å². The second-order valence-corrected chi connectivity index (χ2v) is 4.03. The number of carbonyl (C=O) groups is 2. The van der Waals surface area contributed by atoms with E-state index in [2.05, 4.69) is 5.32 Å². The van der Waals surface area contributed by atoms with Crippen molar-refractivity contribution in [3.05, 3.63) is 35.9 Å². The van der Waals surface area contributed by atoms with E-state index in [1.807, 2.05) is 30.3 Å². The summed E-state index contributed by atoms with van der Waals surface area (Å²) in [4.78, 5) is 23.7. The number of rotatable bonds is 6.